The quantitative estimate of drug-likeness (QED) is 0.369. The van der Waals surface area contributed by atoms with Gasteiger partial charge in [0, 0.05) is 30.9 Å². The van der Waals surface area contributed by atoms with Crippen LogP contribution in [0.25, 0.3) is 0 Å². The van der Waals surface area contributed by atoms with E-state index < -0.39 is 36.1 Å². The second-order valence-corrected chi connectivity index (χ2v) is 13.0. The predicted molar refractivity (Wildman–Crippen MR) is 150 cm³/mol. The molecule has 2 saturated heterocycles. The third kappa shape index (κ3) is 8.54. The van der Waals surface area contributed by atoms with Crippen molar-refractivity contribution >= 4 is 24.6 Å². The number of rotatable bonds is 9. The summed E-state index contributed by atoms with van der Waals surface area (Å²) in [7, 11) is -0.504. The molecular weight excluding hydrogens is 499 g/mol. The Morgan fingerprint density at radius 1 is 1.15 bits per heavy atom. The summed E-state index contributed by atoms with van der Waals surface area (Å²) in [5, 5.41) is 2.78. The molecule has 0 bridgehead atoms. The molecule has 2 atom stereocenters. The zero-order chi connectivity index (χ0) is 29.0. The fourth-order valence-corrected chi connectivity index (χ4v) is 4.68. The summed E-state index contributed by atoms with van der Waals surface area (Å²) in [4.78, 5) is 36.1. The van der Waals surface area contributed by atoms with Crippen LogP contribution < -0.4 is 15.5 Å². The van der Waals surface area contributed by atoms with E-state index in [4.69, 9.17) is 18.8 Å². The van der Waals surface area contributed by atoms with Crippen molar-refractivity contribution in [3.63, 3.8) is 0 Å². The molecule has 0 radical (unpaired) electrons. The maximum atomic E-state index is 13.3. The number of hydrogen-bond acceptors (Lipinski definition) is 8. The predicted octanol–water partition coefficient (Wildman–Crippen LogP) is 3.72. The highest BCUT2D eigenvalue weighted by Gasteiger charge is 2.52. The van der Waals surface area contributed by atoms with Crippen LogP contribution in [0.4, 0.5) is 4.79 Å². The van der Waals surface area contributed by atoms with Crippen LogP contribution in [0.1, 0.15) is 88.0 Å². The maximum Gasteiger partial charge on any atom is 0.498 e. The Bertz CT molecular complexity index is 963. The van der Waals surface area contributed by atoms with Gasteiger partial charge in [-0.1, -0.05) is 13.8 Å². The first-order valence-electron chi connectivity index (χ1n) is 14.2. The van der Waals surface area contributed by atoms with E-state index in [0.29, 0.717) is 31.6 Å². The average Bonchev–Trinajstić information content (AvgIpc) is 3.06. The van der Waals surface area contributed by atoms with E-state index in [1.165, 1.54) is 0 Å². The van der Waals surface area contributed by atoms with Crippen LogP contribution in [-0.2, 0) is 18.8 Å². The lowest BCUT2D eigenvalue weighted by atomic mass is 9.81. The van der Waals surface area contributed by atoms with Crippen LogP contribution >= 0.6 is 0 Å². The molecule has 2 amide bonds. The van der Waals surface area contributed by atoms with Gasteiger partial charge in [-0.05, 0) is 86.0 Å². The molecular formula is C28H47BN4O6. The lowest BCUT2D eigenvalue weighted by molar-refractivity contribution is -0.136. The SMILES string of the molecule is CC(C)[C@@H](NC(=O)OC(C)(C)C)C(=O)N1CCC[C@H](CCCOc2ncc(B3OC(C)(C)C(C)(C)O3)cn2)C1. The first-order chi connectivity index (χ1) is 18.1. The van der Waals surface area contributed by atoms with Crippen molar-refractivity contribution in [2.24, 2.45) is 11.8 Å². The van der Waals surface area contributed by atoms with Crippen molar-refractivity contribution in [2.75, 3.05) is 19.7 Å². The van der Waals surface area contributed by atoms with Crippen LogP contribution in [0.2, 0.25) is 0 Å². The standard InChI is InChI=1S/C28H47BN4O6/c1-19(2)22(32-25(35)37-26(3,4)5)23(34)33-14-10-12-20(18-33)13-11-15-36-24-30-16-21(17-31-24)29-38-27(6,7)28(8,9)39-29/h16-17,19-20,22H,10-15,18H2,1-9H3,(H,32,35)/t20-,22-/m1/s1. The number of likely N-dealkylation sites (tertiary alicyclic amines) is 1. The van der Waals surface area contributed by atoms with Gasteiger partial charge in [0.2, 0.25) is 5.91 Å². The van der Waals surface area contributed by atoms with Gasteiger partial charge in [0.1, 0.15) is 11.6 Å². The Morgan fingerprint density at radius 3 is 2.33 bits per heavy atom. The molecule has 3 rings (SSSR count). The summed E-state index contributed by atoms with van der Waals surface area (Å²) in [6.45, 7) is 19.2. The first kappa shape index (κ1) is 31.1. The number of hydrogen-bond donors (Lipinski definition) is 1. The Kier molecular flexibility index (Phi) is 9.91. The minimum Gasteiger partial charge on any atom is -0.463 e. The molecule has 0 saturated carbocycles. The molecule has 2 aliphatic rings. The second-order valence-electron chi connectivity index (χ2n) is 13.0. The minimum absolute atomic E-state index is 0.0463. The third-order valence-electron chi connectivity index (χ3n) is 7.60. The summed E-state index contributed by atoms with van der Waals surface area (Å²) in [6.07, 6.45) is 6.58. The summed E-state index contributed by atoms with van der Waals surface area (Å²) in [5.41, 5.74) is -0.700. The average molecular weight is 547 g/mol. The Labute approximate surface area is 234 Å². The van der Waals surface area contributed by atoms with E-state index in [2.05, 4.69) is 15.3 Å². The van der Waals surface area contributed by atoms with Crippen molar-refractivity contribution in [2.45, 2.75) is 111 Å². The van der Waals surface area contributed by atoms with Crippen molar-refractivity contribution in [1.29, 1.82) is 0 Å². The number of carbonyl (C=O) groups is 2. The number of amides is 2. The fraction of sp³-hybridized carbons (Fsp3) is 0.786. The number of carbonyl (C=O) groups excluding carboxylic acids is 2. The van der Waals surface area contributed by atoms with Gasteiger partial charge in [0.15, 0.2) is 0 Å². The molecule has 3 heterocycles. The van der Waals surface area contributed by atoms with Gasteiger partial charge in [-0.3, -0.25) is 4.79 Å². The van der Waals surface area contributed by atoms with Gasteiger partial charge in [-0.25, -0.2) is 14.8 Å². The normalized spacial score (nSPS) is 21.5. The molecule has 0 unspecified atom stereocenters. The smallest absolute Gasteiger partial charge is 0.463 e. The lowest BCUT2D eigenvalue weighted by Crippen LogP contribution is -2.54. The second kappa shape index (κ2) is 12.4. The van der Waals surface area contributed by atoms with Crippen molar-refractivity contribution < 1.29 is 28.4 Å². The van der Waals surface area contributed by atoms with Crippen molar-refractivity contribution in [3.8, 4) is 6.01 Å². The van der Waals surface area contributed by atoms with Gasteiger partial charge < -0.3 is 29.0 Å². The number of nitrogens with one attached hydrogen (secondary N) is 1. The largest absolute Gasteiger partial charge is 0.498 e. The number of ether oxygens (including phenoxy) is 2. The van der Waals surface area contributed by atoms with Crippen molar-refractivity contribution in [1.82, 2.24) is 20.2 Å². The molecule has 10 nitrogen and oxygen atoms in total. The summed E-state index contributed by atoms with van der Waals surface area (Å²) in [5.74, 6) is 0.287. The van der Waals surface area contributed by atoms with Gasteiger partial charge in [-0.2, -0.15) is 0 Å². The number of nitrogens with zero attached hydrogens (tertiary/aromatic N) is 3. The molecule has 2 aliphatic heterocycles. The number of aromatic nitrogens is 2. The topological polar surface area (TPSA) is 112 Å². The van der Waals surface area contributed by atoms with Crippen LogP contribution in [0, 0.1) is 11.8 Å². The summed E-state index contributed by atoms with van der Waals surface area (Å²) in [6, 6.07) is -0.289. The zero-order valence-corrected chi connectivity index (χ0v) is 25.2. The molecule has 218 valence electrons. The fourth-order valence-electron chi connectivity index (χ4n) is 4.68. The monoisotopic (exact) mass is 546 g/mol. The van der Waals surface area contributed by atoms with Crippen molar-refractivity contribution in [3.05, 3.63) is 12.4 Å². The molecule has 0 aromatic carbocycles. The van der Waals surface area contributed by atoms with E-state index in [1.54, 1.807) is 33.2 Å². The summed E-state index contributed by atoms with van der Waals surface area (Å²) >= 11 is 0. The molecule has 1 aromatic rings. The lowest BCUT2D eigenvalue weighted by Gasteiger charge is -2.36. The number of alkyl carbamates (subject to hydrolysis) is 1. The molecule has 0 spiro atoms. The highest BCUT2D eigenvalue weighted by atomic mass is 16.7. The summed E-state index contributed by atoms with van der Waals surface area (Å²) < 4.78 is 23.2. The van der Waals surface area contributed by atoms with Crippen LogP contribution in [-0.4, -0.2) is 76.5 Å². The van der Waals surface area contributed by atoms with E-state index in [-0.39, 0.29) is 11.8 Å². The molecule has 1 aromatic heterocycles. The third-order valence-corrected chi connectivity index (χ3v) is 7.60. The Morgan fingerprint density at radius 2 is 1.77 bits per heavy atom. The molecule has 39 heavy (non-hydrogen) atoms. The van der Waals surface area contributed by atoms with Gasteiger partial charge >= 0.3 is 19.2 Å². The maximum absolute atomic E-state index is 13.3. The van der Waals surface area contributed by atoms with Crippen LogP contribution in [0.5, 0.6) is 6.01 Å². The highest BCUT2D eigenvalue weighted by molar-refractivity contribution is 6.61. The zero-order valence-electron chi connectivity index (χ0n) is 25.2. The van der Waals surface area contributed by atoms with Crippen LogP contribution in [0.15, 0.2) is 12.4 Å². The Hall–Kier alpha value is -2.40. The van der Waals surface area contributed by atoms with Gasteiger partial charge in [0.25, 0.3) is 0 Å². The molecule has 1 N–H and O–H groups in total. The van der Waals surface area contributed by atoms with E-state index >= 15 is 0 Å². The van der Waals surface area contributed by atoms with Gasteiger partial charge in [-0.15, -0.1) is 0 Å². The first-order valence-corrected chi connectivity index (χ1v) is 14.2. The highest BCUT2D eigenvalue weighted by Crippen LogP contribution is 2.36. The van der Waals surface area contributed by atoms with E-state index in [9.17, 15) is 9.59 Å². The molecule has 11 heteroatoms. The van der Waals surface area contributed by atoms with Gasteiger partial charge in [0.05, 0.1) is 17.8 Å². The number of piperidine rings is 1. The molecule has 2 fully saturated rings. The minimum atomic E-state index is -0.618. The molecule has 0 aliphatic carbocycles. The van der Waals surface area contributed by atoms with E-state index in [1.807, 2.05) is 46.4 Å². The Balaban J connectivity index is 1.44. The van der Waals surface area contributed by atoms with E-state index in [0.717, 1.165) is 31.1 Å². The van der Waals surface area contributed by atoms with Crippen LogP contribution in [0.3, 0.4) is 0 Å².